The van der Waals surface area contributed by atoms with Crippen LogP contribution in [0.1, 0.15) is 16.8 Å². The maximum absolute atomic E-state index is 13.1. The molecule has 0 atom stereocenters. The number of hydrogen-bond donors (Lipinski definition) is 0. The van der Waals surface area contributed by atoms with Crippen molar-refractivity contribution in [1.29, 1.82) is 0 Å². The molecular formula is C24H15ClF3IN6O. The molecule has 5 rings (SSSR count). The monoisotopic (exact) mass is 622 g/mol. The van der Waals surface area contributed by atoms with Crippen molar-refractivity contribution in [3.05, 3.63) is 99.6 Å². The lowest BCUT2D eigenvalue weighted by molar-refractivity contribution is -0.141. The van der Waals surface area contributed by atoms with Gasteiger partial charge in [0.05, 0.1) is 12.7 Å². The van der Waals surface area contributed by atoms with Crippen LogP contribution in [0.15, 0.2) is 72.0 Å². The average molecular weight is 623 g/mol. The van der Waals surface area contributed by atoms with Crippen LogP contribution in [-0.2, 0) is 17.1 Å². The number of halogens is 5. The van der Waals surface area contributed by atoms with Gasteiger partial charge in [-0.05, 0) is 41.0 Å². The van der Waals surface area contributed by atoms with Gasteiger partial charge in [-0.2, -0.15) is 22.8 Å². The predicted octanol–water partition coefficient (Wildman–Crippen LogP) is 5.67. The van der Waals surface area contributed by atoms with Gasteiger partial charge in [0.15, 0.2) is 5.65 Å². The van der Waals surface area contributed by atoms with Crippen LogP contribution in [-0.4, -0.2) is 29.4 Å². The van der Waals surface area contributed by atoms with E-state index in [4.69, 9.17) is 11.6 Å². The Morgan fingerprint density at radius 2 is 1.72 bits per heavy atom. The highest BCUT2D eigenvalue weighted by Gasteiger charge is 2.32. The molecule has 0 fully saturated rings. The average Bonchev–Trinajstić information content (AvgIpc) is 3.18. The lowest BCUT2D eigenvalue weighted by atomic mass is 9.97. The molecule has 0 spiro atoms. The summed E-state index contributed by atoms with van der Waals surface area (Å²) >= 11 is 8.31. The summed E-state index contributed by atoms with van der Waals surface area (Å²) < 4.78 is 41.6. The van der Waals surface area contributed by atoms with Crippen LogP contribution in [0.5, 0.6) is 0 Å². The van der Waals surface area contributed by atoms with Gasteiger partial charge in [0, 0.05) is 44.7 Å². The van der Waals surface area contributed by atoms with E-state index in [1.165, 1.54) is 10.6 Å². The zero-order valence-corrected chi connectivity index (χ0v) is 21.2. The normalized spacial score (nSPS) is 11.8. The van der Waals surface area contributed by atoms with Crippen LogP contribution in [0.3, 0.4) is 0 Å². The van der Waals surface area contributed by atoms with Crippen LogP contribution in [0.25, 0.3) is 27.9 Å². The summed E-state index contributed by atoms with van der Waals surface area (Å²) in [5.74, 6) is 0. The number of aromatic nitrogens is 6. The summed E-state index contributed by atoms with van der Waals surface area (Å²) in [4.78, 5) is 20.9. The summed E-state index contributed by atoms with van der Waals surface area (Å²) in [5.41, 5.74) is 3.06. The fourth-order valence-corrected chi connectivity index (χ4v) is 4.29. The van der Waals surface area contributed by atoms with Crippen molar-refractivity contribution in [2.24, 2.45) is 0 Å². The third-order valence-corrected chi connectivity index (χ3v) is 6.59. The minimum Gasteiger partial charge on any atom is -0.264 e. The first-order chi connectivity index (χ1) is 17.2. The summed E-state index contributed by atoms with van der Waals surface area (Å²) in [6, 6.07) is 11.3. The molecule has 0 bridgehead atoms. The first-order valence-electron chi connectivity index (χ1n) is 10.5. The van der Waals surface area contributed by atoms with Gasteiger partial charge in [-0.3, -0.25) is 9.97 Å². The van der Waals surface area contributed by atoms with Gasteiger partial charge in [-0.15, -0.1) is 5.10 Å². The molecule has 4 heterocycles. The van der Waals surface area contributed by atoms with Gasteiger partial charge >= 0.3 is 11.9 Å². The molecule has 4 aromatic heterocycles. The second-order valence-electron chi connectivity index (χ2n) is 7.88. The molecule has 12 heteroatoms. The first kappa shape index (κ1) is 24.4. The fourth-order valence-electron chi connectivity index (χ4n) is 3.75. The van der Waals surface area contributed by atoms with Crippen LogP contribution in [0, 0.1) is 0 Å². The zero-order chi connectivity index (χ0) is 25.4. The summed E-state index contributed by atoms with van der Waals surface area (Å²) in [7, 11) is 0. The number of benzene rings is 1. The van der Waals surface area contributed by atoms with Crippen molar-refractivity contribution in [2.75, 3.05) is 0 Å². The van der Waals surface area contributed by atoms with Crippen molar-refractivity contribution in [1.82, 2.24) is 29.4 Å². The van der Waals surface area contributed by atoms with Crippen molar-refractivity contribution in [2.45, 2.75) is 17.1 Å². The van der Waals surface area contributed by atoms with Gasteiger partial charge in [0.1, 0.15) is 5.69 Å². The second-order valence-corrected chi connectivity index (χ2v) is 9.08. The minimum absolute atomic E-state index is 0.0743. The number of fused-ring (bicyclic) bond motifs is 1. The molecule has 0 aliphatic heterocycles. The third-order valence-electron chi connectivity index (χ3n) is 5.45. The SMILES string of the molecule is O=c1n(Cc2ccc(C(F)(F)F)nc2)nc2c(-c3cncc(CI)c3)c(-c3ccc(Cl)cc3)cnn12. The smallest absolute Gasteiger partial charge is 0.264 e. The Morgan fingerprint density at radius 3 is 2.39 bits per heavy atom. The van der Waals surface area contributed by atoms with Crippen molar-refractivity contribution >= 4 is 39.8 Å². The largest absolute Gasteiger partial charge is 0.433 e. The Morgan fingerprint density at radius 1 is 0.944 bits per heavy atom. The van der Waals surface area contributed by atoms with E-state index < -0.39 is 17.6 Å². The Balaban J connectivity index is 1.67. The zero-order valence-electron chi connectivity index (χ0n) is 18.2. The Hall–Kier alpha value is -3.32. The van der Waals surface area contributed by atoms with Gasteiger partial charge in [-0.1, -0.05) is 52.4 Å². The molecule has 0 saturated heterocycles. The molecule has 0 amide bonds. The molecule has 0 radical (unpaired) electrons. The highest BCUT2D eigenvalue weighted by atomic mass is 127. The molecule has 182 valence electrons. The molecule has 0 unspecified atom stereocenters. The standard InChI is InChI=1S/C24H15ClF3IN6O/c25-18-4-2-16(3-5-18)19-12-32-35-22(21(19)17-7-15(8-29)9-30-11-17)33-34(23(35)36)13-14-1-6-20(31-10-14)24(26,27)28/h1-7,9-12H,8,13H2. The van der Waals surface area contributed by atoms with Crippen molar-refractivity contribution in [3.63, 3.8) is 0 Å². The number of pyridine rings is 2. The Kier molecular flexibility index (Phi) is 6.51. The first-order valence-corrected chi connectivity index (χ1v) is 12.4. The van der Waals surface area contributed by atoms with Gasteiger partial charge in [0.25, 0.3) is 0 Å². The van der Waals surface area contributed by atoms with Crippen molar-refractivity contribution < 1.29 is 13.2 Å². The second kappa shape index (κ2) is 9.62. The Bertz CT molecular complexity index is 1620. The molecule has 0 saturated carbocycles. The quantitative estimate of drug-likeness (QED) is 0.187. The van der Waals surface area contributed by atoms with E-state index in [9.17, 15) is 18.0 Å². The van der Waals surface area contributed by atoms with E-state index in [-0.39, 0.29) is 6.54 Å². The van der Waals surface area contributed by atoms with Crippen LogP contribution < -0.4 is 5.69 Å². The summed E-state index contributed by atoms with van der Waals surface area (Å²) in [6.45, 7) is -0.0743. The van der Waals surface area contributed by atoms with Gasteiger partial charge in [-0.25, -0.2) is 9.48 Å². The highest BCUT2D eigenvalue weighted by molar-refractivity contribution is 14.1. The molecule has 1 aromatic carbocycles. The molecule has 7 nitrogen and oxygen atoms in total. The topological polar surface area (TPSA) is 78.0 Å². The van der Waals surface area contributed by atoms with E-state index >= 15 is 0 Å². The van der Waals surface area contributed by atoms with E-state index in [0.717, 1.165) is 43.6 Å². The fraction of sp³-hybridized carbons (Fsp3) is 0.125. The number of hydrogen-bond acceptors (Lipinski definition) is 5. The number of rotatable bonds is 5. The van der Waals surface area contributed by atoms with Crippen LogP contribution in [0.2, 0.25) is 5.02 Å². The number of alkyl halides is 4. The predicted molar refractivity (Wildman–Crippen MR) is 137 cm³/mol. The van der Waals surface area contributed by atoms with Gasteiger partial charge < -0.3 is 0 Å². The summed E-state index contributed by atoms with van der Waals surface area (Å²) in [5, 5.41) is 9.41. The minimum atomic E-state index is -4.55. The molecule has 0 aliphatic rings. The Labute approximate surface area is 220 Å². The molecule has 0 aliphatic carbocycles. The van der Waals surface area contributed by atoms with E-state index in [1.807, 2.05) is 18.2 Å². The number of nitrogens with zero attached hydrogens (tertiary/aromatic N) is 6. The maximum atomic E-state index is 13.1. The van der Waals surface area contributed by atoms with Crippen molar-refractivity contribution in [3.8, 4) is 22.3 Å². The molecular weight excluding hydrogens is 608 g/mol. The maximum Gasteiger partial charge on any atom is 0.433 e. The van der Waals surface area contributed by atoms with Gasteiger partial charge in [0.2, 0.25) is 0 Å². The lowest BCUT2D eigenvalue weighted by Gasteiger charge is -2.11. The molecule has 36 heavy (non-hydrogen) atoms. The lowest BCUT2D eigenvalue weighted by Crippen LogP contribution is -2.23. The van der Waals surface area contributed by atoms with Crippen LogP contribution in [0.4, 0.5) is 13.2 Å². The third kappa shape index (κ3) is 4.72. The van der Waals surface area contributed by atoms with E-state index in [1.54, 1.807) is 30.7 Å². The summed E-state index contributed by atoms with van der Waals surface area (Å²) in [6.07, 6.45) is 1.57. The van der Waals surface area contributed by atoms with E-state index in [0.29, 0.717) is 21.8 Å². The highest BCUT2D eigenvalue weighted by Crippen LogP contribution is 2.35. The molecule has 5 aromatic rings. The van der Waals surface area contributed by atoms with Crippen LogP contribution >= 0.6 is 34.2 Å². The molecule has 0 N–H and O–H groups in total. The van der Waals surface area contributed by atoms with E-state index in [2.05, 4.69) is 42.8 Å².